The van der Waals surface area contributed by atoms with Crippen molar-refractivity contribution in [1.82, 2.24) is 15.0 Å². The van der Waals surface area contributed by atoms with Gasteiger partial charge in [-0.2, -0.15) is 13.2 Å². The van der Waals surface area contributed by atoms with Gasteiger partial charge in [-0.15, -0.1) is 0 Å². The minimum atomic E-state index is -4.39. The molecule has 0 unspecified atom stereocenters. The van der Waals surface area contributed by atoms with E-state index in [-0.39, 0.29) is 5.75 Å². The Morgan fingerprint density at radius 1 is 1.00 bits per heavy atom. The average Bonchev–Trinajstić information content (AvgIpc) is 3.22. The van der Waals surface area contributed by atoms with Crippen molar-refractivity contribution >= 4 is 22.8 Å². The number of hydrogen-bond donors (Lipinski definition) is 1. The number of pyridine rings is 1. The van der Waals surface area contributed by atoms with E-state index in [1.807, 2.05) is 36.4 Å². The van der Waals surface area contributed by atoms with Crippen molar-refractivity contribution in [2.75, 3.05) is 13.7 Å². The fourth-order valence-electron chi connectivity index (χ4n) is 2.97. The third-order valence-electron chi connectivity index (χ3n) is 4.54. The number of rotatable bonds is 9. The van der Waals surface area contributed by atoms with Crippen LogP contribution in [0.1, 0.15) is 11.3 Å². The highest BCUT2D eigenvalue weighted by molar-refractivity contribution is 7.98. The molecule has 0 spiro atoms. The first kappa shape index (κ1) is 22.8. The maximum atomic E-state index is 12.4. The number of nitrogens with zero attached hydrogens (tertiary/aromatic N) is 2. The van der Waals surface area contributed by atoms with Crippen LogP contribution in [0.2, 0.25) is 0 Å². The molecule has 2 aromatic carbocycles. The summed E-state index contributed by atoms with van der Waals surface area (Å²) in [5.41, 5.74) is 3.02. The number of aromatic amines is 1. The number of thioether (sulfide) groups is 1. The zero-order chi connectivity index (χ0) is 23.3. The van der Waals surface area contributed by atoms with Gasteiger partial charge >= 0.3 is 6.18 Å². The fraction of sp³-hybridized carbons (Fsp3) is 0.217. The van der Waals surface area contributed by atoms with E-state index in [2.05, 4.69) is 15.0 Å². The van der Waals surface area contributed by atoms with Crippen LogP contribution < -0.4 is 14.2 Å². The van der Waals surface area contributed by atoms with Crippen molar-refractivity contribution in [2.24, 2.45) is 0 Å². The van der Waals surface area contributed by atoms with Crippen molar-refractivity contribution in [2.45, 2.75) is 23.7 Å². The van der Waals surface area contributed by atoms with Crippen molar-refractivity contribution in [3.63, 3.8) is 0 Å². The molecule has 4 aromatic rings. The van der Waals surface area contributed by atoms with Gasteiger partial charge in [0.1, 0.15) is 12.4 Å². The zero-order valence-electron chi connectivity index (χ0n) is 17.6. The Morgan fingerprint density at radius 3 is 2.58 bits per heavy atom. The molecule has 6 nitrogen and oxygen atoms in total. The Labute approximate surface area is 192 Å². The van der Waals surface area contributed by atoms with Crippen LogP contribution in [0.25, 0.3) is 11.0 Å². The second-order valence-electron chi connectivity index (χ2n) is 7.01. The average molecular weight is 475 g/mol. The number of halogens is 3. The molecule has 0 aliphatic rings. The zero-order valence-corrected chi connectivity index (χ0v) is 18.4. The lowest BCUT2D eigenvalue weighted by Crippen LogP contribution is -2.19. The summed E-state index contributed by atoms with van der Waals surface area (Å²) < 4.78 is 53.1. The van der Waals surface area contributed by atoms with Crippen LogP contribution in [0, 0.1) is 0 Å². The van der Waals surface area contributed by atoms with Crippen LogP contribution >= 0.6 is 11.8 Å². The molecule has 0 saturated carbocycles. The molecule has 0 fully saturated rings. The summed E-state index contributed by atoms with van der Waals surface area (Å²) in [5, 5.41) is 0.613. The van der Waals surface area contributed by atoms with Crippen LogP contribution in [-0.2, 0) is 12.4 Å². The number of alkyl halides is 3. The predicted octanol–water partition coefficient (Wildman–Crippen LogP) is 5.78. The molecule has 0 aliphatic heterocycles. The summed E-state index contributed by atoms with van der Waals surface area (Å²) in [5.74, 6) is 1.74. The van der Waals surface area contributed by atoms with E-state index < -0.39 is 12.8 Å². The van der Waals surface area contributed by atoms with Gasteiger partial charge in [0.05, 0.1) is 30.0 Å². The quantitative estimate of drug-likeness (QED) is 0.310. The second-order valence-corrected chi connectivity index (χ2v) is 7.98. The molecule has 0 saturated heterocycles. The van der Waals surface area contributed by atoms with E-state index >= 15 is 0 Å². The maximum Gasteiger partial charge on any atom is 0.422 e. The third-order valence-corrected chi connectivity index (χ3v) is 5.44. The number of imidazole rings is 1. The van der Waals surface area contributed by atoms with E-state index in [1.165, 1.54) is 23.9 Å². The van der Waals surface area contributed by atoms with Gasteiger partial charge in [0, 0.05) is 17.9 Å². The number of aromatic nitrogens is 3. The number of methoxy groups -OCH3 is 1. The molecule has 0 atom stereocenters. The third kappa shape index (κ3) is 6.32. The van der Waals surface area contributed by atoms with Crippen molar-refractivity contribution < 1.29 is 27.4 Å². The Bertz CT molecular complexity index is 1220. The van der Waals surface area contributed by atoms with Crippen LogP contribution in [0.5, 0.6) is 17.2 Å². The highest BCUT2D eigenvalue weighted by atomic mass is 32.2. The lowest BCUT2D eigenvalue weighted by Gasteiger charge is -2.11. The Kier molecular flexibility index (Phi) is 6.93. The summed E-state index contributed by atoms with van der Waals surface area (Å²) in [7, 11) is 1.56. The standard InChI is InChI=1S/C23H20F3N3O3S/c1-30-21-11-27-16(9-20(21)31-12-15-5-3-2-4-6-15)13-33-22-28-18-8-7-17(10-19(18)29-22)32-14-23(24,25)26/h2-11H,12-14H2,1H3,(H,28,29). The number of benzene rings is 2. The van der Waals surface area contributed by atoms with E-state index in [9.17, 15) is 13.2 Å². The number of H-pyrrole nitrogens is 1. The molecule has 10 heteroatoms. The summed E-state index contributed by atoms with van der Waals surface area (Å²) in [6.07, 6.45) is -2.78. The SMILES string of the molecule is COc1cnc(CSc2nc3cc(OCC(F)(F)F)ccc3[nH]2)cc1OCc1ccccc1. The van der Waals surface area contributed by atoms with E-state index in [4.69, 9.17) is 14.2 Å². The van der Waals surface area contributed by atoms with Gasteiger partial charge in [0.15, 0.2) is 23.3 Å². The molecule has 0 amide bonds. The molecule has 0 radical (unpaired) electrons. The first-order chi connectivity index (χ1) is 15.9. The fourth-order valence-corrected chi connectivity index (χ4v) is 3.76. The van der Waals surface area contributed by atoms with Crippen LogP contribution in [-0.4, -0.2) is 34.8 Å². The smallest absolute Gasteiger partial charge is 0.422 e. The minimum Gasteiger partial charge on any atom is -0.491 e. The molecular weight excluding hydrogens is 455 g/mol. The van der Waals surface area contributed by atoms with Crippen LogP contribution in [0.3, 0.4) is 0 Å². The van der Waals surface area contributed by atoms with E-state index in [1.54, 1.807) is 19.4 Å². The van der Waals surface area contributed by atoms with E-state index in [0.29, 0.717) is 40.0 Å². The highest BCUT2D eigenvalue weighted by Crippen LogP contribution is 2.31. The van der Waals surface area contributed by atoms with Crippen LogP contribution in [0.15, 0.2) is 66.0 Å². The van der Waals surface area contributed by atoms with Crippen molar-refractivity contribution in [3.8, 4) is 17.2 Å². The first-order valence-electron chi connectivity index (χ1n) is 9.91. The lowest BCUT2D eigenvalue weighted by molar-refractivity contribution is -0.153. The van der Waals surface area contributed by atoms with Gasteiger partial charge in [0.2, 0.25) is 0 Å². The highest BCUT2D eigenvalue weighted by Gasteiger charge is 2.28. The molecular formula is C23H20F3N3O3S. The molecule has 172 valence electrons. The molecule has 0 aliphatic carbocycles. The Hall–Kier alpha value is -3.40. The maximum absolute atomic E-state index is 12.4. The summed E-state index contributed by atoms with van der Waals surface area (Å²) in [4.78, 5) is 12.0. The topological polar surface area (TPSA) is 69.3 Å². The number of ether oxygens (including phenoxy) is 3. The van der Waals surface area contributed by atoms with Crippen molar-refractivity contribution in [1.29, 1.82) is 0 Å². The van der Waals surface area contributed by atoms with Gasteiger partial charge in [-0.25, -0.2) is 4.98 Å². The monoisotopic (exact) mass is 475 g/mol. The van der Waals surface area contributed by atoms with Gasteiger partial charge in [-0.1, -0.05) is 42.1 Å². The molecule has 4 rings (SSSR count). The molecule has 33 heavy (non-hydrogen) atoms. The number of fused-ring (bicyclic) bond motifs is 1. The molecule has 2 heterocycles. The number of hydrogen-bond acceptors (Lipinski definition) is 6. The molecule has 2 aromatic heterocycles. The molecule has 0 bridgehead atoms. The predicted molar refractivity (Wildman–Crippen MR) is 119 cm³/mol. The second kappa shape index (κ2) is 10.0. The van der Waals surface area contributed by atoms with Gasteiger partial charge in [0.25, 0.3) is 0 Å². The first-order valence-corrected chi connectivity index (χ1v) is 10.9. The number of nitrogens with one attached hydrogen (secondary N) is 1. The minimum absolute atomic E-state index is 0.111. The normalized spacial score (nSPS) is 11.5. The summed E-state index contributed by atoms with van der Waals surface area (Å²) in [6.45, 7) is -0.946. The summed E-state index contributed by atoms with van der Waals surface area (Å²) in [6, 6.07) is 16.2. The summed E-state index contributed by atoms with van der Waals surface area (Å²) >= 11 is 1.41. The van der Waals surface area contributed by atoms with Gasteiger partial charge in [-0.05, 0) is 17.7 Å². The van der Waals surface area contributed by atoms with Gasteiger partial charge < -0.3 is 19.2 Å². The Balaban J connectivity index is 1.41. The lowest BCUT2D eigenvalue weighted by atomic mass is 10.2. The largest absolute Gasteiger partial charge is 0.491 e. The van der Waals surface area contributed by atoms with E-state index in [0.717, 1.165) is 11.3 Å². The Morgan fingerprint density at radius 2 is 1.82 bits per heavy atom. The van der Waals surface area contributed by atoms with Crippen molar-refractivity contribution in [3.05, 3.63) is 72.1 Å². The van der Waals surface area contributed by atoms with Crippen LogP contribution in [0.4, 0.5) is 13.2 Å². The molecule has 1 N–H and O–H groups in total. The van der Waals surface area contributed by atoms with Gasteiger partial charge in [-0.3, -0.25) is 4.98 Å².